The summed E-state index contributed by atoms with van der Waals surface area (Å²) in [5.74, 6) is 3.64. The topological polar surface area (TPSA) is 54.7 Å². The molecule has 0 saturated heterocycles. The van der Waals surface area contributed by atoms with Crippen LogP contribution in [0.4, 0.5) is 0 Å². The van der Waals surface area contributed by atoms with Crippen molar-refractivity contribution in [2.24, 2.45) is 11.8 Å². The molecule has 0 radical (unpaired) electrons. The highest BCUT2D eigenvalue weighted by atomic mass is 16.5. The largest absolute Gasteiger partial charge is 0.461 e. The molecule has 0 amide bonds. The first-order valence-electron chi connectivity index (χ1n) is 15.7. The number of hydrogen-bond donors (Lipinski definition) is 0. The molecule has 2 aliphatic carbocycles. The standard InChI is InChI=1S/C40H35O4/c41-39-33(21-27-23-35(29-13-5-1-6-14-29)43-36(24-27)30-15-7-2-8-16-30)40(42)34(39)22-28-25-37(31-17-9-3-10-18-31)44-38(26-28)32-19-11-4-12-20-32/h1-7,9-11,13-14,17-18,21-27,30,32H,8,12,15-16,19-20H2/q+1. The Labute approximate surface area is 257 Å². The van der Waals surface area contributed by atoms with Crippen molar-refractivity contribution in [1.82, 2.24) is 0 Å². The van der Waals surface area contributed by atoms with E-state index in [1.807, 2.05) is 84.9 Å². The fourth-order valence-electron chi connectivity index (χ4n) is 6.43. The van der Waals surface area contributed by atoms with Crippen molar-refractivity contribution in [1.29, 1.82) is 0 Å². The molecule has 4 heteroatoms. The first-order valence-corrected chi connectivity index (χ1v) is 15.7. The average molecular weight is 580 g/mol. The average Bonchev–Trinajstić information content (AvgIpc) is 3.10. The summed E-state index contributed by atoms with van der Waals surface area (Å²) in [6.45, 7) is 0. The molecule has 7 rings (SSSR count). The van der Waals surface area contributed by atoms with Crippen molar-refractivity contribution in [2.75, 3.05) is 0 Å². The number of allylic oxidation sites excluding steroid dienone is 7. The zero-order valence-corrected chi connectivity index (χ0v) is 24.7. The van der Waals surface area contributed by atoms with Crippen molar-refractivity contribution >= 4 is 17.9 Å². The quantitative estimate of drug-likeness (QED) is 0.179. The van der Waals surface area contributed by atoms with Gasteiger partial charge in [0.15, 0.2) is 0 Å². The third-order valence-electron chi connectivity index (χ3n) is 8.87. The minimum Gasteiger partial charge on any atom is -0.461 e. The van der Waals surface area contributed by atoms with Gasteiger partial charge < -0.3 is 4.74 Å². The van der Waals surface area contributed by atoms with Gasteiger partial charge in [-0.3, -0.25) is 9.59 Å². The van der Waals surface area contributed by atoms with Crippen LogP contribution in [0.25, 0.3) is 29.2 Å². The van der Waals surface area contributed by atoms with Gasteiger partial charge in [0.1, 0.15) is 11.5 Å². The molecular weight excluding hydrogens is 544 g/mol. The zero-order chi connectivity index (χ0) is 29.9. The summed E-state index contributed by atoms with van der Waals surface area (Å²) in [5.41, 5.74) is 2.32. The van der Waals surface area contributed by atoms with Crippen molar-refractivity contribution in [2.45, 2.75) is 44.4 Å². The molecule has 0 fully saturated rings. The van der Waals surface area contributed by atoms with Gasteiger partial charge in [-0.25, -0.2) is 4.42 Å². The second kappa shape index (κ2) is 12.4. The van der Waals surface area contributed by atoms with Gasteiger partial charge in [0.25, 0.3) is 0 Å². The highest BCUT2D eigenvalue weighted by Gasteiger charge is 2.27. The summed E-state index contributed by atoms with van der Waals surface area (Å²) in [5, 5.41) is 0.462. The SMILES string of the molecule is O=c1c(=Cc2cc(-c3ccccc3)[o+]c(C3CC=CCC3)c2)c(=O)c1=CC1C=C(c2ccccc2)OC(C2CC=CCC2)=C1. The Morgan fingerprint density at radius 3 is 2.02 bits per heavy atom. The molecule has 1 aliphatic heterocycles. The van der Waals surface area contributed by atoms with Gasteiger partial charge in [0.05, 0.1) is 28.0 Å². The lowest BCUT2D eigenvalue weighted by molar-refractivity contribution is 0.291. The van der Waals surface area contributed by atoms with E-state index >= 15 is 0 Å². The molecule has 218 valence electrons. The minimum atomic E-state index is -0.213. The first-order chi connectivity index (χ1) is 21.6. The summed E-state index contributed by atoms with van der Waals surface area (Å²) < 4.78 is 12.8. The number of ether oxygens (including phenoxy) is 1. The third kappa shape index (κ3) is 5.85. The van der Waals surface area contributed by atoms with Crippen molar-refractivity contribution in [3.05, 3.63) is 163 Å². The molecule has 3 atom stereocenters. The molecule has 0 spiro atoms. The number of benzene rings is 2. The van der Waals surface area contributed by atoms with Crippen molar-refractivity contribution in [3.8, 4) is 11.3 Å². The van der Waals surface area contributed by atoms with Crippen LogP contribution in [0.15, 0.2) is 129 Å². The van der Waals surface area contributed by atoms with E-state index in [0.29, 0.717) is 0 Å². The Balaban J connectivity index is 1.27. The monoisotopic (exact) mass is 579 g/mol. The van der Waals surface area contributed by atoms with E-state index < -0.39 is 0 Å². The first kappa shape index (κ1) is 28.0. The van der Waals surface area contributed by atoms with Crippen LogP contribution in [-0.2, 0) is 4.74 Å². The second-order valence-corrected chi connectivity index (χ2v) is 11.9. The number of hydrogen-bond acceptors (Lipinski definition) is 3. The van der Waals surface area contributed by atoms with Crippen LogP contribution in [0, 0.1) is 11.8 Å². The van der Waals surface area contributed by atoms with Crippen LogP contribution in [-0.4, -0.2) is 0 Å². The van der Waals surface area contributed by atoms with E-state index in [-0.39, 0.29) is 39.0 Å². The van der Waals surface area contributed by atoms with Gasteiger partial charge in [-0.05, 0) is 74.4 Å². The van der Waals surface area contributed by atoms with Gasteiger partial charge in [0.2, 0.25) is 10.9 Å². The summed E-state index contributed by atoms with van der Waals surface area (Å²) in [6, 6.07) is 23.9. The van der Waals surface area contributed by atoms with Crippen LogP contribution in [0.3, 0.4) is 0 Å². The van der Waals surface area contributed by atoms with Gasteiger partial charge in [-0.2, -0.15) is 0 Å². The predicted molar refractivity (Wildman–Crippen MR) is 176 cm³/mol. The Morgan fingerprint density at radius 2 is 1.36 bits per heavy atom. The molecule has 0 N–H and O–H groups in total. The Bertz CT molecular complexity index is 1950. The molecule has 2 heterocycles. The van der Waals surface area contributed by atoms with E-state index in [2.05, 4.69) is 30.4 Å². The molecule has 1 aromatic heterocycles. The fraction of sp³-hybridized carbons (Fsp3) is 0.225. The molecule has 3 aromatic carbocycles. The minimum absolute atomic E-state index is 0.212. The van der Waals surface area contributed by atoms with Crippen molar-refractivity contribution in [3.63, 3.8) is 0 Å². The van der Waals surface area contributed by atoms with E-state index in [4.69, 9.17) is 9.15 Å². The van der Waals surface area contributed by atoms with Crippen LogP contribution < -0.4 is 21.3 Å². The normalized spacial score (nSPS) is 21.3. The Morgan fingerprint density at radius 1 is 0.705 bits per heavy atom. The van der Waals surface area contributed by atoms with Crippen LogP contribution in [0.1, 0.15) is 61.3 Å². The summed E-state index contributed by atoms with van der Waals surface area (Å²) in [6.07, 6.45) is 22.3. The maximum absolute atomic E-state index is 13.5. The predicted octanol–water partition coefficient (Wildman–Crippen LogP) is 7.18. The molecular formula is C40H35O4+. The second-order valence-electron chi connectivity index (χ2n) is 11.9. The van der Waals surface area contributed by atoms with Gasteiger partial charge in [-0.1, -0.05) is 78.9 Å². The summed E-state index contributed by atoms with van der Waals surface area (Å²) in [7, 11) is 0. The summed E-state index contributed by atoms with van der Waals surface area (Å²) in [4.78, 5) is 26.9. The van der Waals surface area contributed by atoms with E-state index in [1.54, 1.807) is 6.08 Å². The molecule has 4 aromatic rings. The van der Waals surface area contributed by atoms with E-state index in [0.717, 1.165) is 78.3 Å². The molecule has 4 nitrogen and oxygen atoms in total. The highest BCUT2D eigenvalue weighted by Crippen LogP contribution is 2.36. The van der Waals surface area contributed by atoms with Gasteiger partial charge in [0, 0.05) is 23.5 Å². The maximum Gasteiger partial charge on any atom is 0.360 e. The van der Waals surface area contributed by atoms with Crippen LogP contribution in [0.2, 0.25) is 0 Å². The lowest BCUT2D eigenvalue weighted by Gasteiger charge is -2.27. The van der Waals surface area contributed by atoms with Gasteiger partial charge >= 0.3 is 11.5 Å². The molecule has 0 saturated carbocycles. The third-order valence-corrected chi connectivity index (χ3v) is 8.87. The molecule has 3 unspecified atom stereocenters. The van der Waals surface area contributed by atoms with Crippen LogP contribution >= 0.6 is 0 Å². The van der Waals surface area contributed by atoms with Crippen molar-refractivity contribution < 1.29 is 9.15 Å². The smallest absolute Gasteiger partial charge is 0.360 e. The Hall–Kier alpha value is -4.83. The van der Waals surface area contributed by atoms with E-state index in [9.17, 15) is 9.59 Å². The molecule has 0 bridgehead atoms. The molecule has 44 heavy (non-hydrogen) atoms. The number of rotatable bonds is 6. The maximum atomic E-state index is 13.5. The highest BCUT2D eigenvalue weighted by molar-refractivity contribution is 5.65. The zero-order valence-electron chi connectivity index (χ0n) is 24.7. The molecule has 3 aliphatic rings. The lowest BCUT2D eigenvalue weighted by Crippen LogP contribution is -2.64. The lowest BCUT2D eigenvalue weighted by atomic mass is 9.89. The fourth-order valence-corrected chi connectivity index (χ4v) is 6.43. The van der Waals surface area contributed by atoms with E-state index in [1.165, 1.54) is 0 Å². The Kier molecular flexibility index (Phi) is 7.89. The summed E-state index contributed by atoms with van der Waals surface area (Å²) >= 11 is 0. The van der Waals surface area contributed by atoms with Gasteiger partial charge in [-0.15, -0.1) is 0 Å². The van der Waals surface area contributed by atoms with Crippen LogP contribution in [0.5, 0.6) is 0 Å².